The van der Waals surface area contributed by atoms with Gasteiger partial charge >= 0.3 is 0 Å². The standard InChI is InChI=1S/C14H22BrNO2S/c1-12(2)16(10-9-15)19(17,18)11-13(3)14-7-5-4-6-8-14/h4-8,12-13H,9-11H2,1-3H3. The molecule has 0 heterocycles. The minimum atomic E-state index is -3.23. The van der Waals surface area contributed by atoms with E-state index in [4.69, 9.17) is 0 Å². The Morgan fingerprint density at radius 3 is 2.21 bits per heavy atom. The van der Waals surface area contributed by atoms with Crippen molar-refractivity contribution in [3.8, 4) is 0 Å². The quantitative estimate of drug-likeness (QED) is 0.710. The van der Waals surface area contributed by atoms with E-state index in [2.05, 4.69) is 15.9 Å². The third kappa shape index (κ3) is 4.89. The van der Waals surface area contributed by atoms with E-state index in [1.54, 1.807) is 4.31 Å². The first kappa shape index (κ1) is 16.7. The van der Waals surface area contributed by atoms with E-state index in [0.717, 1.165) is 5.56 Å². The van der Waals surface area contributed by atoms with Gasteiger partial charge in [0.2, 0.25) is 10.0 Å². The van der Waals surface area contributed by atoms with Crippen molar-refractivity contribution in [2.45, 2.75) is 32.7 Å². The summed E-state index contributed by atoms with van der Waals surface area (Å²) in [5.74, 6) is 0.158. The molecule has 0 bridgehead atoms. The molecule has 0 spiro atoms. The molecule has 0 aliphatic heterocycles. The Kier molecular flexibility index (Phi) is 6.50. The second kappa shape index (κ2) is 7.41. The van der Waals surface area contributed by atoms with Crippen LogP contribution in [0.4, 0.5) is 0 Å². The van der Waals surface area contributed by atoms with Gasteiger partial charge in [-0.2, -0.15) is 4.31 Å². The molecule has 0 amide bonds. The topological polar surface area (TPSA) is 37.4 Å². The lowest BCUT2D eigenvalue weighted by Gasteiger charge is -2.26. The molecule has 3 nitrogen and oxygen atoms in total. The normalized spacial score (nSPS) is 14.0. The smallest absolute Gasteiger partial charge is 0.212 e. The molecule has 0 aliphatic rings. The average Bonchev–Trinajstić information content (AvgIpc) is 2.35. The third-order valence-corrected chi connectivity index (χ3v) is 5.66. The van der Waals surface area contributed by atoms with Gasteiger partial charge < -0.3 is 0 Å². The van der Waals surface area contributed by atoms with Gasteiger partial charge in [-0.05, 0) is 25.3 Å². The summed E-state index contributed by atoms with van der Waals surface area (Å²) < 4.78 is 26.5. The highest BCUT2D eigenvalue weighted by Crippen LogP contribution is 2.20. The predicted molar refractivity (Wildman–Crippen MR) is 84.3 cm³/mol. The number of nitrogens with zero attached hydrogens (tertiary/aromatic N) is 1. The van der Waals surface area contributed by atoms with Crippen molar-refractivity contribution in [2.75, 3.05) is 17.6 Å². The summed E-state index contributed by atoms with van der Waals surface area (Å²) >= 11 is 3.32. The van der Waals surface area contributed by atoms with Crippen molar-refractivity contribution in [3.05, 3.63) is 35.9 Å². The largest absolute Gasteiger partial charge is 0.214 e. The Morgan fingerprint density at radius 2 is 1.74 bits per heavy atom. The summed E-state index contributed by atoms with van der Waals surface area (Å²) in [4.78, 5) is 0. The number of alkyl halides is 1. The zero-order valence-corrected chi connectivity index (χ0v) is 14.1. The van der Waals surface area contributed by atoms with E-state index >= 15 is 0 Å². The average molecular weight is 348 g/mol. The van der Waals surface area contributed by atoms with Crippen LogP contribution < -0.4 is 0 Å². The summed E-state index contributed by atoms with van der Waals surface area (Å²) in [7, 11) is -3.23. The maximum absolute atomic E-state index is 12.5. The maximum Gasteiger partial charge on any atom is 0.214 e. The van der Waals surface area contributed by atoms with Gasteiger partial charge in [0.05, 0.1) is 5.75 Å². The molecular formula is C14H22BrNO2S. The fraction of sp³-hybridized carbons (Fsp3) is 0.571. The fourth-order valence-corrected chi connectivity index (χ4v) is 4.74. The number of rotatable bonds is 7. The molecule has 0 aromatic heterocycles. The first-order chi connectivity index (χ1) is 8.88. The van der Waals surface area contributed by atoms with Crippen LogP contribution in [0.3, 0.4) is 0 Å². The molecule has 0 fully saturated rings. The van der Waals surface area contributed by atoms with Crippen LogP contribution in [-0.4, -0.2) is 36.4 Å². The van der Waals surface area contributed by atoms with Crippen LogP contribution in [0.25, 0.3) is 0 Å². The molecule has 0 N–H and O–H groups in total. The molecule has 1 aromatic carbocycles. The molecule has 5 heteroatoms. The second-order valence-corrected chi connectivity index (χ2v) is 7.74. The second-order valence-electron chi connectivity index (χ2n) is 4.98. The molecule has 0 radical (unpaired) electrons. The lowest BCUT2D eigenvalue weighted by atomic mass is 10.0. The van der Waals surface area contributed by atoms with Gasteiger partial charge in [-0.3, -0.25) is 0 Å². The van der Waals surface area contributed by atoms with Gasteiger partial charge in [0.25, 0.3) is 0 Å². The molecule has 1 rings (SSSR count). The Balaban J connectivity index is 2.84. The Morgan fingerprint density at radius 1 is 1.16 bits per heavy atom. The maximum atomic E-state index is 12.5. The van der Waals surface area contributed by atoms with Crippen molar-refractivity contribution in [2.24, 2.45) is 0 Å². The molecule has 1 unspecified atom stereocenters. The van der Waals surface area contributed by atoms with Crippen LogP contribution in [0.5, 0.6) is 0 Å². The molecule has 108 valence electrons. The van der Waals surface area contributed by atoms with E-state index < -0.39 is 10.0 Å². The van der Waals surface area contributed by atoms with E-state index in [-0.39, 0.29) is 17.7 Å². The van der Waals surface area contributed by atoms with Gasteiger partial charge in [-0.25, -0.2) is 8.42 Å². The lowest BCUT2D eigenvalue weighted by molar-refractivity contribution is 0.371. The SMILES string of the molecule is CC(CS(=O)(=O)N(CCBr)C(C)C)c1ccccc1. The van der Waals surface area contributed by atoms with E-state index in [1.165, 1.54) is 0 Å². The number of hydrogen-bond acceptors (Lipinski definition) is 2. The number of benzene rings is 1. The van der Waals surface area contributed by atoms with Crippen LogP contribution in [-0.2, 0) is 10.0 Å². The van der Waals surface area contributed by atoms with E-state index in [9.17, 15) is 8.42 Å². The van der Waals surface area contributed by atoms with Crippen molar-refractivity contribution in [3.63, 3.8) is 0 Å². The van der Waals surface area contributed by atoms with Crippen molar-refractivity contribution in [1.29, 1.82) is 0 Å². The molecule has 1 atom stereocenters. The van der Waals surface area contributed by atoms with Crippen molar-refractivity contribution in [1.82, 2.24) is 4.31 Å². The summed E-state index contributed by atoms with van der Waals surface area (Å²) in [5.41, 5.74) is 1.06. The van der Waals surface area contributed by atoms with Crippen molar-refractivity contribution >= 4 is 26.0 Å². The molecular weight excluding hydrogens is 326 g/mol. The minimum Gasteiger partial charge on any atom is -0.212 e. The summed E-state index contributed by atoms with van der Waals surface area (Å²) in [6.07, 6.45) is 0. The van der Waals surface area contributed by atoms with Crippen LogP contribution >= 0.6 is 15.9 Å². The first-order valence-corrected chi connectivity index (χ1v) is 9.22. The van der Waals surface area contributed by atoms with Crippen LogP contribution in [0, 0.1) is 0 Å². The number of sulfonamides is 1. The van der Waals surface area contributed by atoms with Gasteiger partial charge in [0, 0.05) is 17.9 Å². The predicted octanol–water partition coefficient (Wildman–Crippen LogP) is 3.23. The molecule has 0 saturated heterocycles. The van der Waals surface area contributed by atoms with Crippen molar-refractivity contribution < 1.29 is 8.42 Å². The van der Waals surface area contributed by atoms with E-state index in [0.29, 0.717) is 11.9 Å². The number of hydrogen-bond donors (Lipinski definition) is 0. The highest BCUT2D eigenvalue weighted by molar-refractivity contribution is 9.09. The minimum absolute atomic E-state index is 0.00257. The zero-order valence-electron chi connectivity index (χ0n) is 11.7. The van der Waals surface area contributed by atoms with E-state index in [1.807, 2.05) is 51.1 Å². The Bertz CT molecular complexity index is 473. The van der Waals surface area contributed by atoms with Gasteiger partial charge in [-0.15, -0.1) is 0 Å². The van der Waals surface area contributed by atoms with Crippen LogP contribution in [0.2, 0.25) is 0 Å². The Hall–Kier alpha value is -0.390. The highest BCUT2D eigenvalue weighted by atomic mass is 79.9. The zero-order chi connectivity index (χ0) is 14.5. The molecule has 0 saturated carbocycles. The molecule has 0 aliphatic carbocycles. The molecule has 19 heavy (non-hydrogen) atoms. The number of halogens is 1. The monoisotopic (exact) mass is 347 g/mol. The lowest BCUT2D eigenvalue weighted by Crippen LogP contribution is -2.40. The van der Waals surface area contributed by atoms with Gasteiger partial charge in [0.1, 0.15) is 0 Å². The Labute approximate surface area is 125 Å². The summed E-state index contributed by atoms with van der Waals surface area (Å²) in [6.45, 7) is 6.29. The van der Waals surface area contributed by atoms with Crippen LogP contribution in [0.15, 0.2) is 30.3 Å². The van der Waals surface area contributed by atoms with Crippen LogP contribution in [0.1, 0.15) is 32.3 Å². The highest BCUT2D eigenvalue weighted by Gasteiger charge is 2.26. The molecule has 1 aromatic rings. The fourth-order valence-electron chi connectivity index (χ4n) is 2.09. The summed E-state index contributed by atoms with van der Waals surface area (Å²) in [5, 5.41) is 0.657. The third-order valence-electron chi connectivity index (χ3n) is 3.07. The summed E-state index contributed by atoms with van der Waals surface area (Å²) in [6, 6.07) is 9.77. The van der Waals surface area contributed by atoms with Gasteiger partial charge in [0.15, 0.2) is 0 Å². The van der Waals surface area contributed by atoms with Gasteiger partial charge in [-0.1, -0.05) is 53.2 Å². The first-order valence-electron chi connectivity index (χ1n) is 6.49.